The first-order valence-corrected chi connectivity index (χ1v) is 9.29. The van der Waals surface area contributed by atoms with E-state index in [4.69, 9.17) is 9.72 Å². The van der Waals surface area contributed by atoms with Crippen molar-refractivity contribution in [1.29, 1.82) is 0 Å². The third-order valence-electron chi connectivity index (χ3n) is 4.40. The van der Waals surface area contributed by atoms with E-state index in [-0.39, 0.29) is 0 Å². The van der Waals surface area contributed by atoms with Crippen LogP contribution in [0.2, 0.25) is 0 Å². The van der Waals surface area contributed by atoms with E-state index in [9.17, 15) is 0 Å². The largest absolute Gasteiger partial charge is 0.497 e. The van der Waals surface area contributed by atoms with Crippen LogP contribution in [0, 0.1) is 0 Å². The first kappa shape index (κ1) is 18.4. The number of rotatable bonds is 7. The van der Waals surface area contributed by atoms with Gasteiger partial charge in [0.05, 0.1) is 13.3 Å². The van der Waals surface area contributed by atoms with E-state index in [1.807, 2.05) is 60.7 Å². The quantitative estimate of drug-likeness (QED) is 0.486. The average Bonchev–Trinajstić information content (AvgIpc) is 2.79. The van der Waals surface area contributed by atoms with Gasteiger partial charge in [-0.25, -0.2) is 0 Å². The van der Waals surface area contributed by atoms with Crippen molar-refractivity contribution in [1.82, 2.24) is 15.2 Å². The second kappa shape index (κ2) is 8.84. The highest BCUT2D eigenvalue weighted by Crippen LogP contribution is 2.26. The SMILES string of the molecule is COc1cccc(Nc2nncc(N(Cc3ccccc3)c3ccccc3)n2)c1. The molecular weight excluding hydrogens is 362 g/mol. The molecule has 1 N–H and O–H groups in total. The lowest BCUT2D eigenvalue weighted by Crippen LogP contribution is -2.18. The Labute approximate surface area is 169 Å². The summed E-state index contributed by atoms with van der Waals surface area (Å²) in [6.07, 6.45) is 1.67. The zero-order valence-electron chi connectivity index (χ0n) is 16.1. The van der Waals surface area contributed by atoms with Gasteiger partial charge in [-0.2, -0.15) is 10.1 Å². The molecular formula is C23H21N5O. The molecule has 0 saturated carbocycles. The van der Waals surface area contributed by atoms with E-state index in [0.717, 1.165) is 17.1 Å². The van der Waals surface area contributed by atoms with Gasteiger partial charge < -0.3 is 15.0 Å². The molecule has 3 aromatic carbocycles. The summed E-state index contributed by atoms with van der Waals surface area (Å²) in [7, 11) is 1.64. The summed E-state index contributed by atoms with van der Waals surface area (Å²) in [4.78, 5) is 6.81. The van der Waals surface area contributed by atoms with Crippen LogP contribution < -0.4 is 15.0 Å². The Bertz CT molecular complexity index is 1060. The molecule has 1 aromatic heterocycles. The van der Waals surface area contributed by atoms with Crippen molar-refractivity contribution >= 4 is 23.1 Å². The van der Waals surface area contributed by atoms with Crippen molar-refractivity contribution in [2.75, 3.05) is 17.3 Å². The van der Waals surface area contributed by atoms with Crippen LogP contribution in [0.3, 0.4) is 0 Å². The highest BCUT2D eigenvalue weighted by atomic mass is 16.5. The Morgan fingerprint density at radius 1 is 0.897 bits per heavy atom. The van der Waals surface area contributed by atoms with Crippen molar-refractivity contribution in [2.24, 2.45) is 0 Å². The van der Waals surface area contributed by atoms with Gasteiger partial charge in [0, 0.05) is 24.0 Å². The molecule has 0 amide bonds. The smallest absolute Gasteiger partial charge is 0.249 e. The molecule has 0 fully saturated rings. The minimum Gasteiger partial charge on any atom is -0.497 e. The Balaban J connectivity index is 1.65. The second-order valence-corrected chi connectivity index (χ2v) is 6.40. The molecule has 0 bridgehead atoms. The lowest BCUT2D eigenvalue weighted by molar-refractivity contribution is 0.415. The first-order valence-electron chi connectivity index (χ1n) is 9.29. The Morgan fingerprint density at radius 3 is 2.41 bits per heavy atom. The maximum Gasteiger partial charge on any atom is 0.249 e. The van der Waals surface area contributed by atoms with Crippen LogP contribution in [-0.4, -0.2) is 22.3 Å². The zero-order chi connectivity index (χ0) is 19.9. The maximum atomic E-state index is 5.27. The molecule has 6 nitrogen and oxygen atoms in total. The Hall–Kier alpha value is -3.93. The normalized spacial score (nSPS) is 10.4. The Morgan fingerprint density at radius 2 is 1.66 bits per heavy atom. The third kappa shape index (κ3) is 4.68. The van der Waals surface area contributed by atoms with Crippen LogP contribution in [0.4, 0.5) is 23.1 Å². The van der Waals surface area contributed by atoms with Crippen molar-refractivity contribution in [3.8, 4) is 5.75 Å². The van der Waals surface area contributed by atoms with Gasteiger partial charge in [0.15, 0.2) is 5.82 Å². The van der Waals surface area contributed by atoms with E-state index in [0.29, 0.717) is 18.3 Å². The van der Waals surface area contributed by atoms with Gasteiger partial charge in [-0.3, -0.25) is 0 Å². The summed E-state index contributed by atoms with van der Waals surface area (Å²) < 4.78 is 5.27. The summed E-state index contributed by atoms with van der Waals surface area (Å²) in [5, 5.41) is 11.5. The molecule has 1 heterocycles. The molecule has 4 aromatic rings. The molecule has 0 unspecified atom stereocenters. The highest BCUT2D eigenvalue weighted by molar-refractivity contribution is 5.62. The predicted octanol–water partition coefficient (Wildman–Crippen LogP) is 4.96. The van der Waals surface area contributed by atoms with Crippen LogP contribution in [-0.2, 0) is 6.54 Å². The molecule has 0 spiro atoms. The van der Waals surface area contributed by atoms with Crippen molar-refractivity contribution < 1.29 is 4.74 Å². The molecule has 4 rings (SSSR count). The topological polar surface area (TPSA) is 63.2 Å². The van der Waals surface area contributed by atoms with Gasteiger partial charge >= 0.3 is 0 Å². The summed E-state index contributed by atoms with van der Waals surface area (Å²) in [5.41, 5.74) is 3.04. The molecule has 0 radical (unpaired) electrons. The lowest BCUT2D eigenvalue weighted by Gasteiger charge is -2.24. The molecule has 0 aliphatic heterocycles. The number of nitrogens with one attached hydrogen (secondary N) is 1. The molecule has 144 valence electrons. The lowest BCUT2D eigenvalue weighted by atomic mass is 10.2. The van der Waals surface area contributed by atoms with Crippen molar-refractivity contribution in [3.05, 3.63) is 96.7 Å². The van der Waals surface area contributed by atoms with Gasteiger partial charge in [0.2, 0.25) is 5.95 Å². The van der Waals surface area contributed by atoms with E-state index in [1.165, 1.54) is 5.56 Å². The predicted molar refractivity (Wildman–Crippen MR) is 115 cm³/mol. The number of benzene rings is 3. The van der Waals surface area contributed by atoms with E-state index in [1.54, 1.807) is 13.3 Å². The Kier molecular flexibility index (Phi) is 5.62. The molecule has 29 heavy (non-hydrogen) atoms. The summed E-state index contributed by atoms with van der Waals surface area (Å²) >= 11 is 0. The number of aromatic nitrogens is 3. The number of ether oxygens (including phenoxy) is 1. The molecule has 0 atom stereocenters. The number of para-hydroxylation sites is 1. The van der Waals surface area contributed by atoms with Crippen LogP contribution >= 0.6 is 0 Å². The van der Waals surface area contributed by atoms with Crippen LogP contribution in [0.5, 0.6) is 5.75 Å². The van der Waals surface area contributed by atoms with Gasteiger partial charge in [-0.05, 0) is 29.8 Å². The number of nitrogens with zero attached hydrogens (tertiary/aromatic N) is 4. The molecule has 0 saturated heterocycles. The second-order valence-electron chi connectivity index (χ2n) is 6.40. The number of hydrogen-bond acceptors (Lipinski definition) is 6. The van der Waals surface area contributed by atoms with Crippen LogP contribution in [0.1, 0.15) is 5.56 Å². The highest BCUT2D eigenvalue weighted by Gasteiger charge is 2.13. The molecule has 0 aliphatic carbocycles. The molecule has 6 heteroatoms. The number of anilines is 4. The zero-order valence-corrected chi connectivity index (χ0v) is 16.1. The summed E-state index contributed by atoms with van der Waals surface area (Å²) in [6, 6.07) is 28.0. The number of hydrogen-bond donors (Lipinski definition) is 1. The van der Waals surface area contributed by atoms with Gasteiger partial charge in [-0.15, -0.1) is 5.10 Å². The fourth-order valence-electron chi connectivity index (χ4n) is 2.99. The minimum absolute atomic E-state index is 0.421. The summed E-state index contributed by atoms with van der Waals surface area (Å²) in [6.45, 7) is 0.669. The maximum absolute atomic E-state index is 5.27. The van der Waals surface area contributed by atoms with Crippen LogP contribution in [0.25, 0.3) is 0 Å². The van der Waals surface area contributed by atoms with Crippen LogP contribution in [0.15, 0.2) is 91.1 Å². The van der Waals surface area contributed by atoms with E-state index < -0.39 is 0 Å². The van der Waals surface area contributed by atoms with E-state index >= 15 is 0 Å². The standard InChI is InChI=1S/C23H21N5O/c1-29-21-14-8-11-19(15-21)25-23-26-22(16-24-27-23)28(20-12-6-3-7-13-20)17-18-9-4-2-5-10-18/h2-16H,17H2,1H3,(H,25,26,27). The fourth-order valence-corrected chi connectivity index (χ4v) is 2.99. The fraction of sp³-hybridized carbons (Fsp3) is 0.0870. The molecule has 0 aliphatic rings. The van der Waals surface area contributed by atoms with E-state index in [2.05, 4.69) is 44.7 Å². The van der Waals surface area contributed by atoms with Crippen molar-refractivity contribution in [3.63, 3.8) is 0 Å². The number of methoxy groups -OCH3 is 1. The first-order chi connectivity index (χ1) is 14.3. The van der Waals surface area contributed by atoms with Gasteiger partial charge in [0.1, 0.15) is 5.75 Å². The van der Waals surface area contributed by atoms with Gasteiger partial charge in [-0.1, -0.05) is 54.6 Å². The van der Waals surface area contributed by atoms with Crippen molar-refractivity contribution in [2.45, 2.75) is 6.54 Å². The van der Waals surface area contributed by atoms with Gasteiger partial charge in [0.25, 0.3) is 0 Å². The minimum atomic E-state index is 0.421. The summed E-state index contributed by atoms with van der Waals surface area (Å²) in [5.74, 6) is 1.89. The average molecular weight is 383 g/mol. The third-order valence-corrected chi connectivity index (χ3v) is 4.40. The monoisotopic (exact) mass is 383 g/mol.